The Hall–Kier alpha value is -2.11. The van der Waals surface area contributed by atoms with Gasteiger partial charge in [0.2, 0.25) is 0 Å². The Kier molecular flexibility index (Phi) is 6.26. The van der Waals surface area contributed by atoms with Gasteiger partial charge in [-0.3, -0.25) is 4.90 Å². The smallest absolute Gasteiger partial charge is 0.407 e. The highest BCUT2D eigenvalue weighted by Crippen LogP contribution is 2.32. The van der Waals surface area contributed by atoms with E-state index in [-0.39, 0.29) is 17.8 Å². The highest BCUT2D eigenvalue weighted by Gasteiger charge is 2.37. The van der Waals surface area contributed by atoms with Gasteiger partial charge in [-0.1, -0.05) is 48.0 Å². The van der Waals surface area contributed by atoms with Gasteiger partial charge in [0.1, 0.15) is 11.4 Å². The number of halogens is 2. The Bertz CT molecular complexity index is 823. The monoisotopic (exact) mass is 404 g/mol. The molecule has 1 aliphatic heterocycles. The van der Waals surface area contributed by atoms with Crippen LogP contribution in [0.15, 0.2) is 48.5 Å². The molecule has 150 valence electrons. The Labute approximate surface area is 170 Å². The molecule has 1 fully saturated rings. The first-order valence-electron chi connectivity index (χ1n) is 9.42. The number of hydrogen-bond acceptors (Lipinski definition) is 3. The minimum atomic E-state index is -0.590. The number of hydrogen-bond donors (Lipinski definition) is 1. The minimum absolute atomic E-state index is 0.187. The molecule has 0 spiro atoms. The summed E-state index contributed by atoms with van der Waals surface area (Å²) in [6.45, 7) is 7.44. The molecule has 1 saturated heterocycles. The van der Waals surface area contributed by atoms with E-state index in [4.69, 9.17) is 16.3 Å². The van der Waals surface area contributed by atoms with Crippen LogP contribution in [0.1, 0.15) is 37.8 Å². The molecule has 6 heteroatoms. The number of rotatable bonds is 4. The van der Waals surface area contributed by atoms with Crippen LogP contribution in [0.5, 0.6) is 0 Å². The van der Waals surface area contributed by atoms with Crippen LogP contribution < -0.4 is 5.32 Å². The molecule has 0 aliphatic carbocycles. The fourth-order valence-electron chi connectivity index (χ4n) is 3.58. The Morgan fingerprint density at radius 3 is 2.57 bits per heavy atom. The summed E-state index contributed by atoms with van der Waals surface area (Å²) in [6.07, 6.45) is -0.488. The number of likely N-dealkylation sites (tertiary alicyclic amines) is 1. The molecule has 1 aliphatic rings. The number of nitrogens with one attached hydrogen (secondary N) is 1. The highest BCUT2D eigenvalue weighted by molar-refractivity contribution is 6.30. The van der Waals surface area contributed by atoms with E-state index in [1.807, 2.05) is 39.0 Å². The van der Waals surface area contributed by atoms with Crippen molar-refractivity contribution < 1.29 is 13.9 Å². The predicted molar refractivity (Wildman–Crippen MR) is 109 cm³/mol. The molecule has 1 heterocycles. The number of carbonyl (C=O) groups excluding carboxylic acids is 1. The van der Waals surface area contributed by atoms with Crippen LogP contribution in [0.3, 0.4) is 0 Å². The standard InChI is InChI=1S/C22H26ClFN2O2/c1-22(2,3)28-21(27)25-20-14-26(12-15-7-5-4-6-8-15)13-18(20)17-10-9-16(23)11-19(17)24/h4-11,18,20H,12-14H2,1-3H3,(H,25,27). The van der Waals surface area contributed by atoms with E-state index >= 15 is 0 Å². The van der Waals surface area contributed by atoms with E-state index in [2.05, 4.69) is 22.3 Å². The van der Waals surface area contributed by atoms with Gasteiger partial charge >= 0.3 is 6.09 Å². The second-order valence-electron chi connectivity index (χ2n) is 8.20. The number of benzene rings is 2. The summed E-state index contributed by atoms with van der Waals surface area (Å²) in [6, 6.07) is 14.6. The quantitative estimate of drug-likeness (QED) is 0.782. The zero-order valence-corrected chi connectivity index (χ0v) is 17.2. The van der Waals surface area contributed by atoms with E-state index < -0.39 is 11.7 Å². The first-order valence-corrected chi connectivity index (χ1v) is 9.80. The van der Waals surface area contributed by atoms with E-state index in [1.165, 1.54) is 11.6 Å². The summed E-state index contributed by atoms with van der Waals surface area (Å²) in [7, 11) is 0. The highest BCUT2D eigenvalue weighted by atomic mass is 35.5. The van der Waals surface area contributed by atoms with Crippen LogP contribution >= 0.6 is 11.6 Å². The molecule has 4 nitrogen and oxygen atoms in total. The number of nitrogens with zero attached hydrogens (tertiary/aromatic N) is 1. The molecule has 1 amide bonds. The van der Waals surface area contributed by atoms with Crippen molar-refractivity contribution in [1.29, 1.82) is 0 Å². The molecular weight excluding hydrogens is 379 g/mol. The van der Waals surface area contributed by atoms with Crippen molar-refractivity contribution >= 4 is 17.7 Å². The van der Waals surface area contributed by atoms with Gasteiger partial charge in [-0.2, -0.15) is 0 Å². The topological polar surface area (TPSA) is 41.6 Å². The summed E-state index contributed by atoms with van der Waals surface area (Å²) < 4.78 is 20.0. The van der Waals surface area contributed by atoms with E-state index in [0.29, 0.717) is 23.7 Å². The van der Waals surface area contributed by atoms with Crippen molar-refractivity contribution in [3.05, 3.63) is 70.5 Å². The van der Waals surface area contributed by atoms with Crippen molar-refractivity contribution in [3.8, 4) is 0 Å². The second-order valence-corrected chi connectivity index (χ2v) is 8.64. The molecular formula is C22H26ClFN2O2. The van der Waals surface area contributed by atoms with Crippen LogP contribution in [-0.2, 0) is 11.3 Å². The molecule has 0 bridgehead atoms. The first-order chi connectivity index (χ1) is 13.2. The SMILES string of the molecule is CC(C)(C)OC(=O)NC1CN(Cc2ccccc2)CC1c1ccc(Cl)cc1F. The lowest BCUT2D eigenvalue weighted by Gasteiger charge is -2.24. The molecule has 3 rings (SSSR count). The Morgan fingerprint density at radius 1 is 1.21 bits per heavy atom. The van der Waals surface area contributed by atoms with Gasteiger partial charge in [-0.25, -0.2) is 9.18 Å². The van der Waals surface area contributed by atoms with Gasteiger partial charge in [0, 0.05) is 30.6 Å². The summed E-state index contributed by atoms with van der Waals surface area (Å²) in [5.41, 5.74) is 1.14. The fourth-order valence-corrected chi connectivity index (χ4v) is 3.74. The largest absolute Gasteiger partial charge is 0.444 e. The maximum absolute atomic E-state index is 14.6. The fraction of sp³-hybridized carbons (Fsp3) is 0.409. The van der Waals surface area contributed by atoms with Gasteiger partial charge in [0.15, 0.2) is 0 Å². The average Bonchev–Trinajstić information content (AvgIpc) is 2.96. The molecule has 0 aromatic heterocycles. The van der Waals surface area contributed by atoms with Gasteiger partial charge < -0.3 is 10.1 Å². The van der Waals surface area contributed by atoms with E-state index in [1.54, 1.807) is 12.1 Å². The number of carbonyl (C=O) groups is 1. The number of alkyl carbamates (subject to hydrolysis) is 1. The van der Waals surface area contributed by atoms with Crippen molar-refractivity contribution in [2.45, 2.75) is 44.9 Å². The summed E-state index contributed by atoms with van der Waals surface area (Å²) in [5, 5.41) is 3.30. The van der Waals surface area contributed by atoms with Crippen molar-refractivity contribution in [2.75, 3.05) is 13.1 Å². The number of ether oxygens (including phenoxy) is 1. The molecule has 2 aromatic carbocycles. The number of amides is 1. The lowest BCUT2D eigenvalue weighted by atomic mass is 9.94. The summed E-state index contributed by atoms with van der Waals surface area (Å²) in [5.74, 6) is -0.538. The molecule has 1 N–H and O–H groups in total. The molecule has 2 unspecified atom stereocenters. The Balaban J connectivity index is 1.79. The predicted octanol–water partition coefficient (Wildman–Crippen LogP) is 4.97. The van der Waals surface area contributed by atoms with E-state index in [9.17, 15) is 9.18 Å². The average molecular weight is 405 g/mol. The van der Waals surface area contributed by atoms with Gasteiger partial charge in [0.05, 0.1) is 6.04 Å². The third kappa shape index (κ3) is 5.46. The van der Waals surface area contributed by atoms with Crippen molar-refractivity contribution in [3.63, 3.8) is 0 Å². The van der Waals surface area contributed by atoms with Gasteiger partial charge in [-0.05, 0) is 44.0 Å². The first kappa shape index (κ1) is 20.6. The maximum Gasteiger partial charge on any atom is 0.407 e. The lowest BCUT2D eigenvalue weighted by Crippen LogP contribution is -2.42. The second kappa shape index (κ2) is 8.50. The van der Waals surface area contributed by atoms with E-state index in [0.717, 1.165) is 6.54 Å². The summed E-state index contributed by atoms with van der Waals surface area (Å²) >= 11 is 5.91. The molecule has 28 heavy (non-hydrogen) atoms. The molecule has 2 aromatic rings. The molecule has 0 saturated carbocycles. The van der Waals surface area contributed by atoms with Gasteiger partial charge in [-0.15, -0.1) is 0 Å². The summed E-state index contributed by atoms with van der Waals surface area (Å²) in [4.78, 5) is 14.5. The van der Waals surface area contributed by atoms with Crippen LogP contribution in [-0.4, -0.2) is 35.7 Å². The Morgan fingerprint density at radius 2 is 1.93 bits per heavy atom. The molecule has 2 atom stereocenters. The third-order valence-electron chi connectivity index (χ3n) is 4.71. The minimum Gasteiger partial charge on any atom is -0.444 e. The van der Waals surface area contributed by atoms with Crippen LogP contribution in [0.25, 0.3) is 0 Å². The third-order valence-corrected chi connectivity index (χ3v) is 4.94. The van der Waals surface area contributed by atoms with Crippen LogP contribution in [0.4, 0.5) is 9.18 Å². The van der Waals surface area contributed by atoms with Crippen LogP contribution in [0.2, 0.25) is 5.02 Å². The maximum atomic E-state index is 14.6. The van der Waals surface area contributed by atoms with Crippen molar-refractivity contribution in [2.24, 2.45) is 0 Å². The molecule has 0 radical (unpaired) electrons. The zero-order valence-electron chi connectivity index (χ0n) is 16.4. The van der Waals surface area contributed by atoms with Gasteiger partial charge in [0.25, 0.3) is 0 Å². The zero-order chi connectivity index (χ0) is 20.3. The lowest BCUT2D eigenvalue weighted by molar-refractivity contribution is 0.0502. The van der Waals surface area contributed by atoms with Crippen LogP contribution in [0, 0.1) is 5.82 Å². The van der Waals surface area contributed by atoms with Crippen molar-refractivity contribution in [1.82, 2.24) is 10.2 Å². The normalized spacial score (nSPS) is 20.2.